The number of aromatic nitrogens is 2. The van der Waals surface area contributed by atoms with Crippen molar-refractivity contribution in [1.82, 2.24) is 15.5 Å². The number of nitrogens with zero attached hydrogens (tertiary/aromatic N) is 2. The van der Waals surface area contributed by atoms with E-state index in [1.807, 2.05) is 13.2 Å². The van der Waals surface area contributed by atoms with Gasteiger partial charge >= 0.3 is 0 Å². The van der Waals surface area contributed by atoms with Crippen LogP contribution in [0.2, 0.25) is 0 Å². The van der Waals surface area contributed by atoms with Crippen LogP contribution in [0.5, 0.6) is 0 Å². The first-order chi connectivity index (χ1) is 8.02. The van der Waals surface area contributed by atoms with Gasteiger partial charge in [0, 0.05) is 6.04 Å². The van der Waals surface area contributed by atoms with Crippen LogP contribution < -0.4 is 5.32 Å². The first kappa shape index (κ1) is 14.8. The molecule has 0 aliphatic rings. The molecule has 1 unspecified atom stereocenters. The second kappa shape index (κ2) is 7.23. The summed E-state index contributed by atoms with van der Waals surface area (Å²) < 4.78 is 1.78. The Morgan fingerprint density at radius 2 is 2.00 bits per heavy atom. The van der Waals surface area contributed by atoms with Crippen molar-refractivity contribution in [3.63, 3.8) is 0 Å². The van der Waals surface area contributed by atoms with Crippen molar-refractivity contribution in [3.8, 4) is 0 Å². The van der Waals surface area contributed by atoms with Crippen LogP contribution in [-0.4, -0.2) is 34.2 Å². The highest BCUT2D eigenvalue weighted by Gasteiger charge is 2.12. The Hall–Kier alpha value is -0.270. The Balaban J connectivity index is 2.33. The average Bonchev–Trinajstić information content (AvgIpc) is 2.74. The zero-order valence-corrected chi connectivity index (χ0v) is 12.8. The van der Waals surface area contributed by atoms with E-state index in [-0.39, 0.29) is 11.9 Å². The second-order valence-corrected chi connectivity index (χ2v) is 7.18. The lowest BCUT2D eigenvalue weighted by molar-refractivity contribution is -0.119. The maximum atomic E-state index is 11.6. The lowest BCUT2D eigenvalue weighted by Crippen LogP contribution is -2.37. The zero-order valence-electron chi connectivity index (χ0n) is 10.4. The Morgan fingerprint density at radius 3 is 2.53 bits per heavy atom. The molecule has 1 heterocycles. The van der Waals surface area contributed by atoms with Crippen molar-refractivity contribution in [3.05, 3.63) is 0 Å². The van der Waals surface area contributed by atoms with Crippen LogP contribution in [0.4, 0.5) is 0 Å². The normalized spacial score (nSPS) is 12.8. The van der Waals surface area contributed by atoms with E-state index in [0.717, 1.165) is 8.68 Å². The van der Waals surface area contributed by atoms with Crippen LogP contribution in [0.1, 0.15) is 20.8 Å². The molecule has 0 saturated carbocycles. The van der Waals surface area contributed by atoms with Gasteiger partial charge in [0.15, 0.2) is 8.68 Å². The Morgan fingerprint density at radius 1 is 1.35 bits per heavy atom. The van der Waals surface area contributed by atoms with E-state index in [1.54, 1.807) is 11.8 Å². The highest BCUT2D eigenvalue weighted by molar-refractivity contribution is 8.03. The molecule has 0 aliphatic heterocycles. The number of carbonyl (C=O) groups excluding carboxylic acids is 1. The summed E-state index contributed by atoms with van der Waals surface area (Å²) in [5.41, 5.74) is 0. The second-order valence-electron chi connectivity index (χ2n) is 3.93. The maximum Gasteiger partial charge on any atom is 0.230 e. The van der Waals surface area contributed by atoms with Gasteiger partial charge in [-0.1, -0.05) is 48.7 Å². The minimum Gasteiger partial charge on any atom is -0.353 e. The monoisotopic (exact) mass is 291 g/mol. The van der Waals surface area contributed by atoms with Crippen molar-refractivity contribution in [2.75, 3.05) is 12.0 Å². The van der Waals surface area contributed by atoms with E-state index in [4.69, 9.17) is 0 Å². The Kier molecular flexibility index (Phi) is 6.29. The van der Waals surface area contributed by atoms with Crippen LogP contribution in [0.25, 0.3) is 0 Å². The van der Waals surface area contributed by atoms with Crippen molar-refractivity contribution >= 4 is 40.8 Å². The lowest BCUT2D eigenvalue weighted by Gasteiger charge is -2.16. The summed E-state index contributed by atoms with van der Waals surface area (Å²) in [6.07, 6.45) is 1.96. The molecule has 96 valence electrons. The van der Waals surface area contributed by atoms with Gasteiger partial charge in [0.05, 0.1) is 5.75 Å². The van der Waals surface area contributed by atoms with Crippen LogP contribution in [0, 0.1) is 5.92 Å². The number of carbonyl (C=O) groups is 1. The van der Waals surface area contributed by atoms with Crippen LogP contribution in [0.3, 0.4) is 0 Å². The molecule has 1 amide bonds. The van der Waals surface area contributed by atoms with E-state index >= 15 is 0 Å². The lowest BCUT2D eigenvalue weighted by atomic mass is 10.1. The molecule has 0 aliphatic carbocycles. The quantitative estimate of drug-likeness (QED) is 0.816. The number of amides is 1. The van der Waals surface area contributed by atoms with Crippen molar-refractivity contribution in [1.29, 1.82) is 0 Å². The van der Waals surface area contributed by atoms with Gasteiger partial charge in [0.2, 0.25) is 5.91 Å². The molecule has 0 aromatic carbocycles. The van der Waals surface area contributed by atoms with Gasteiger partial charge in [-0.2, -0.15) is 0 Å². The predicted octanol–water partition coefficient (Wildman–Crippen LogP) is 2.51. The summed E-state index contributed by atoms with van der Waals surface area (Å²) in [7, 11) is 0. The van der Waals surface area contributed by atoms with E-state index in [2.05, 4.69) is 29.4 Å². The number of thioether (sulfide) groups is 2. The topological polar surface area (TPSA) is 54.9 Å². The highest BCUT2D eigenvalue weighted by atomic mass is 32.2. The molecule has 4 nitrogen and oxygen atoms in total. The largest absolute Gasteiger partial charge is 0.353 e. The predicted molar refractivity (Wildman–Crippen MR) is 74.9 cm³/mol. The van der Waals surface area contributed by atoms with E-state index in [9.17, 15) is 4.79 Å². The van der Waals surface area contributed by atoms with Crippen LogP contribution in [-0.2, 0) is 4.79 Å². The first-order valence-corrected chi connectivity index (χ1v) is 8.35. The summed E-state index contributed by atoms with van der Waals surface area (Å²) in [5.74, 6) is 0.908. The van der Waals surface area contributed by atoms with Gasteiger partial charge in [0.1, 0.15) is 0 Å². The smallest absolute Gasteiger partial charge is 0.230 e. The Labute approximate surface area is 114 Å². The molecule has 0 saturated heterocycles. The zero-order chi connectivity index (χ0) is 12.8. The third-order valence-electron chi connectivity index (χ3n) is 2.28. The number of hydrogen-bond acceptors (Lipinski definition) is 6. The fraction of sp³-hybridized carbons (Fsp3) is 0.700. The maximum absolute atomic E-state index is 11.6. The third kappa shape index (κ3) is 5.27. The minimum absolute atomic E-state index is 0.0529. The van der Waals surface area contributed by atoms with E-state index in [0.29, 0.717) is 11.7 Å². The molecule has 1 aromatic rings. The molecule has 1 rings (SSSR count). The van der Waals surface area contributed by atoms with Gasteiger partial charge in [-0.3, -0.25) is 4.79 Å². The average molecular weight is 291 g/mol. The molecule has 7 heteroatoms. The Bertz CT molecular complexity index is 367. The fourth-order valence-corrected chi connectivity index (χ4v) is 3.18. The molecule has 0 fully saturated rings. The molecule has 0 spiro atoms. The van der Waals surface area contributed by atoms with Gasteiger partial charge in [0.25, 0.3) is 0 Å². The first-order valence-electron chi connectivity index (χ1n) is 5.32. The standard InChI is InChI=1S/C10H17N3OS3/c1-6(2)7(3)11-8(14)5-16-10-13-12-9(15-4)17-10/h6-7H,5H2,1-4H3,(H,11,14). The molecular weight excluding hydrogens is 274 g/mol. The van der Waals surface area contributed by atoms with Crippen molar-refractivity contribution in [2.45, 2.75) is 35.5 Å². The molecule has 0 radical (unpaired) electrons. The summed E-state index contributed by atoms with van der Waals surface area (Å²) in [6.45, 7) is 6.20. The minimum atomic E-state index is 0.0529. The van der Waals surface area contributed by atoms with Gasteiger partial charge < -0.3 is 5.32 Å². The molecule has 1 N–H and O–H groups in total. The van der Waals surface area contributed by atoms with E-state index < -0.39 is 0 Å². The van der Waals surface area contributed by atoms with Crippen LogP contribution >= 0.6 is 34.9 Å². The number of nitrogens with one attached hydrogen (secondary N) is 1. The van der Waals surface area contributed by atoms with Crippen molar-refractivity contribution < 1.29 is 4.79 Å². The van der Waals surface area contributed by atoms with Gasteiger partial charge in [-0.05, 0) is 19.1 Å². The van der Waals surface area contributed by atoms with Gasteiger partial charge in [-0.15, -0.1) is 10.2 Å². The fourth-order valence-electron chi connectivity index (χ4n) is 0.928. The van der Waals surface area contributed by atoms with Crippen LogP contribution in [0.15, 0.2) is 8.68 Å². The molecular formula is C10H17N3OS3. The summed E-state index contributed by atoms with van der Waals surface area (Å²) in [6, 6.07) is 0.208. The van der Waals surface area contributed by atoms with Gasteiger partial charge in [-0.25, -0.2) is 0 Å². The number of rotatable bonds is 6. The summed E-state index contributed by atoms with van der Waals surface area (Å²) >= 11 is 4.53. The van der Waals surface area contributed by atoms with E-state index in [1.165, 1.54) is 23.1 Å². The van der Waals surface area contributed by atoms with Crippen molar-refractivity contribution in [2.24, 2.45) is 5.92 Å². The third-order valence-corrected chi connectivity index (χ3v) is 5.31. The molecule has 0 bridgehead atoms. The number of hydrogen-bond donors (Lipinski definition) is 1. The SMILES string of the molecule is CSc1nnc(SCC(=O)NC(C)C(C)C)s1. The summed E-state index contributed by atoms with van der Waals surface area (Å²) in [5, 5.41) is 10.9. The summed E-state index contributed by atoms with van der Waals surface area (Å²) in [4.78, 5) is 11.6. The molecule has 17 heavy (non-hydrogen) atoms. The highest BCUT2D eigenvalue weighted by Crippen LogP contribution is 2.26. The molecule has 1 atom stereocenters. The molecule has 1 aromatic heterocycles.